The third-order valence-electron chi connectivity index (χ3n) is 2.98. The van der Waals surface area contributed by atoms with E-state index in [0.717, 1.165) is 5.69 Å². The van der Waals surface area contributed by atoms with Crippen molar-refractivity contribution >= 4 is 40.1 Å². The zero-order valence-corrected chi connectivity index (χ0v) is 13.5. The molecule has 1 atom stereocenters. The van der Waals surface area contributed by atoms with Gasteiger partial charge >= 0.3 is 0 Å². The summed E-state index contributed by atoms with van der Waals surface area (Å²) in [5.74, 6) is -0.771. The maximum Gasteiger partial charge on any atom is 0.254 e. The first-order valence-corrected chi connectivity index (χ1v) is 7.61. The van der Waals surface area contributed by atoms with E-state index in [-0.39, 0.29) is 17.3 Å². The van der Waals surface area contributed by atoms with E-state index < -0.39 is 17.9 Å². The van der Waals surface area contributed by atoms with Crippen LogP contribution in [0.4, 0.5) is 16.8 Å². The van der Waals surface area contributed by atoms with Crippen LogP contribution in [0.1, 0.15) is 29.4 Å². The van der Waals surface area contributed by atoms with Crippen molar-refractivity contribution in [2.24, 2.45) is 11.5 Å². The lowest BCUT2D eigenvalue weighted by Crippen LogP contribution is -2.35. The third-order valence-corrected chi connectivity index (χ3v) is 3.77. The molecule has 2 aromatic rings. The smallest absolute Gasteiger partial charge is 0.254 e. The van der Waals surface area contributed by atoms with E-state index >= 15 is 0 Å². The van der Waals surface area contributed by atoms with Crippen molar-refractivity contribution in [1.82, 2.24) is 14.3 Å². The molecule has 0 spiro atoms. The summed E-state index contributed by atoms with van der Waals surface area (Å²) in [7, 11) is 0. The fourth-order valence-electron chi connectivity index (χ4n) is 1.80. The maximum absolute atomic E-state index is 11.5. The summed E-state index contributed by atoms with van der Waals surface area (Å²) < 4.78 is 4.14. The normalized spacial score (nSPS) is 11.7. The first-order chi connectivity index (χ1) is 10.9. The van der Waals surface area contributed by atoms with Crippen LogP contribution < -0.4 is 22.1 Å². The Bertz CT molecular complexity index is 731. The third kappa shape index (κ3) is 4.13. The molecule has 2 heterocycles. The molecule has 0 saturated carbocycles. The van der Waals surface area contributed by atoms with Gasteiger partial charge in [0.2, 0.25) is 11.9 Å². The summed E-state index contributed by atoms with van der Waals surface area (Å²) in [5.41, 5.74) is 11.6. The molecule has 0 aliphatic carbocycles. The van der Waals surface area contributed by atoms with Crippen LogP contribution in [-0.4, -0.2) is 32.2 Å². The Labute approximate surface area is 136 Å². The first-order valence-electron chi connectivity index (χ1n) is 6.83. The Morgan fingerprint density at radius 3 is 2.65 bits per heavy atom. The minimum atomic E-state index is -0.665. The number of carbonyl (C=O) groups excluding carboxylic acids is 2. The second kappa shape index (κ2) is 7.01. The zero-order valence-electron chi connectivity index (χ0n) is 12.7. The molecule has 0 bridgehead atoms. The highest BCUT2D eigenvalue weighted by atomic mass is 32.1. The Kier molecular flexibility index (Phi) is 5.06. The molecule has 122 valence electrons. The minimum Gasteiger partial charge on any atom is -0.368 e. The maximum atomic E-state index is 11.5. The summed E-state index contributed by atoms with van der Waals surface area (Å²) in [5, 5.41) is 6.51. The molecule has 2 rings (SSSR count). The molecular formula is C13H17N7O2S. The van der Waals surface area contributed by atoms with Gasteiger partial charge in [0.25, 0.3) is 5.91 Å². The van der Waals surface area contributed by atoms with Crippen molar-refractivity contribution in [2.45, 2.75) is 26.3 Å². The molecule has 0 fully saturated rings. The number of aryl methyl sites for hydroxylation is 1. The zero-order chi connectivity index (χ0) is 17.0. The van der Waals surface area contributed by atoms with E-state index in [4.69, 9.17) is 11.5 Å². The summed E-state index contributed by atoms with van der Waals surface area (Å²) in [4.78, 5) is 31.0. The molecule has 9 nitrogen and oxygen atoms in total. The summed E-state index contributed by atoms with van der Waals surface area (Å²) >= 11 is 1.23. The van der Waals surface area contributed by atoms with Gasteiger partial charge in [-0.3, -0.25) is 9.59 Å². The molecule has 1 unspecified atom stereocenters. The number of anilines is 3. The molecule has 0 saturated heterocycles. The number of nitrogens with zero attached hydrogens (tertiary/aromatic N) is 3. The lowest BCUT2D eigenvalue weighted by molar-refractivity contribution is -0.118. The van der Waals surface area contributed by atoms with E-state index in [1.54, 1.807) is 6.92 Å². The van der Waals surface area contributed by atoms with Crippen LogP contribution in [0.15, 0.2) is 12.3 Å². The molecule has 0 aliphatic rings. The number of hydrogen-bond donors (Lipinski definition) is 4. The van der Waals surface area contributed by atoms with Gasteiger partial charge in [0, 0.05) is 6.20 Å². The lowest BCUT2D eigenvalue weighted by Gasteiger charge is -2.14. The largest absolute Gasteiger partial charge is 0.368 e. The van der Waals surface area contributed by atoms with Gasteiger partial charge in [0.05, 0.1) is 5.69 Å². The molecule has 23 heavy (non-hydrogen) atoms. The average Bonchev–Trinajstić information content (AvgIpc) is 2.89. The number of nitrogens with two attached hydrogens (primary N) is 2. The fourth-order valence-corrected chi connectivity index (χ4v) is 2.46. The number of hydrogen-bond acceptors (Lipinski definition) is 8. The first kappa shape index (κ1) is 16.6. The van der Waals surface area contributed by atoms with E-state index in [9.17, 15) is 9.59 Å². The van der Waals surface area contributed by atoms with Gasteiger partial charge < -0.3 is 22.1 Å². The number of primary amides is 2. The molecule has 6 N–H and O–H groups in total. The Balaban J connectivity index is 2.31. The van der Waals surface area contributed by atoms with Crippen molar-refractivity contribution in [1.29, 1.82) is 0 Å². The van der Waals surface area contributed by atoms with Gasteiger partial charge in [-0.25, -0.2) is 4.98 Å². The second-order valence-electron chi connectivity index (χ2n) is 4.79. The van der Waals surface area contributed by atoms with E-state index in [1.807, 2.05) is 13.0 Å². The van der Waals surface area contributed by atoms with Gasteiger partial charge in [-0.1, -0.05) is 6.92 Å². The predicted octanol–water partition coefficient (Wildman–Crippen LogP) is 0.760. The molecule has 0 aromatic carbocycles. The highest BCUT2D eigenvalue weighted by Gasteiger charge is 2.17. The highest BCUT2D eigenvalue weighted by Crippen LogP contribution is 2.23. The van der Waals surface area contributed by atoms with Crippen LogP contribution >= 0.6 is 11.5 Å². The van der Waals surface area contributed by atoms with Crippen LogP contribution in [0.2, 0.25) is 0 Å². The fraction of sp³-hybridized carbons (Fsp3) is 0.308. The second-order valence-corrected chi connectivity index (χ2v) is 5.59. The van der Waals surface area contributed by atoms with Gasteiger partial charge in [-0.2, -0.15) is 9.36 Å². The van der Waals surface area contributed by atoms with Crippen LogP contribution in [0.25, 0.3) is 0 Å². The van der Waals surface area contributed by atoms with E-state index in [1.165, 1.54) is 17.7 Å². The van der Waals surface area contributed by atoms with Crippen molar-refractivity contribution < 1.29 is 9.59 Å². The molecular weight excluding hydrogens is 318 g/mol. The highest BCUT2D eigenvalue weighted by molar-refractivity contribution is 7.10. The number of aromatic nitrogens is 3. The quantitative estimate of drug-likeness (QED) is 0.583. The topological polar surface area (TPSA) is 149 Å². The van der Waals surface area contributed by atoms with Gasteiger partial charge in [0.15, 0.2) is 0 Å². The van der Waals surface area contributed by atoms with Crippen LogP contribution in [0, 0.1) is 6.92 Å². The molecule has 10 heteroatoms. The molecule has 2 aromatic heterocycles. The summed E-state index contributed by atoms with van der Waals surface area (Å²) in [6.45, 7) is 3.65. The predicted molar refractivity (Wildman–Crippen MR) is 87.6 cm³/mol. The van der Waals surface area contributed by atoms with Crippen molar-refractivity contribution in [2.75, 3.05) is 10.6 Å². The monoisotopic (exact) mass is 335 g/mol. The Morgan fingerprint density at radius 1 is 1.39 bits per heavy atom. The minimum absolute atomic E-state index is 0.133. The Hall–Kier alpha value is -2.75. The van der Waals surface area contributed by atoms with Crippen molar-refractivity contribution in [3.63, 3.8) is 0 Å². The van der Waals surface area contributed by atoms with Crippen LogP contribution in [-0.2, 0) is 4.79 Å². The summed E-state index contributed by atoms with van der Waals surface area (Å²) in [6, 6.07) is 1.20. The van der Waals surface area contributed by atoms with Crippen LogP contribution in [0.3, 0.4) is 0 Å². The van der Waals surface area contributed by atoms with Gasteiger partial charge in [-0.15, -0.1) is 0 Å². The number of carbonyl (C=O) groups is 2. The van der Waals surface area contributed by atoms with Crippen molar-refractivity contribution in [3.05, 3.63) is 23.5 Å². The van der Waals surface area contributed by atoms with Gasteiger partial charge in [-0.05, 0) is 30.9 Å². The van der Waals surface area contributed by atoms with E-state index in [0.29, 0.717) is 11.4 Å². The lowest BCUT2D eigenvalue weighted by atomic mass is 10.2. The number of rotatable bonds is 7. The van der Waals surface area contributed by atoms with Gasteiger partial charge in [0.1, 0.15) is 22.4 Å². The Morgan fingerprint density at radius 2 is 2.13 bits per heavy atom. The molecule has 0 aliphatic heterocycles. The van der Waals surface area contributed by atoms with E-state index in [2.05, 4.69) is 25.0 Å². The molecule has 2 amide bonds. The SMILES string of the molecule is CCC(Nc1ncc(C(N)=O)c(Nc2cc(C)ns2)n1)C(N)=O. The standard InChI is InChI=1S/C13H17N7O2S/c1-3-8(11(15)22)17-13-16-5-7(10(14)21)12(19-13)18-9-4-6(2)20-23-9/h4-5,8H,3H2,1-2H3,(H2,14,21)(H2,15,22)(H2,16,17,18,19). The van der Waals surface area contributed by atoms with Crippen molar-refractivity contribution in [3.8, 4) is 0 Å². The average molecular weight is 335 g/mol. The van der Waals surface area contributed by atoms with Crippen LogP contribution in [0.5, 0.6) is 0 Å². The number of amides is 2. The summed E-state index contributed by atoms with van der Waals surface area (Å²) in [6.07, 6.45) is 1.77. The number of nitrogens with one attached hydrogen (secondary N) is 2. The molecule has 0 radical (unpaired) electrons.